The molecule has 4 aromatic heterocycles. The molecular formula is C78H71N7O9. The van der Waals surface area contributed by atoms with E-state index in [4.69, 9.17) is 27.4 Å². The average molecular weight is 1250 g/mol. The van der Waals surface area contributed by atoms with Gasteiger partial charge in [0, 0.05) is 74.1 Å². The molecule has 0 bridgehead atoms. The molecule has 472 valence electrons. The topological polar surface area (TPSA) is 297 Å². The van der Waals surface area contributed by atoms with Crippen LogP contribution in [-0.4, -0.2) is 58.6 Å². The number of aromatic hydroxyl groups is 4. The Balaban J connectivity index is 0.000000148. The summed E-state index contributed by atoms with van der Waals surface area (Å²) >= 11 is 0. The third-order valence-electron chi connectivity index (χ3n) is 15.3. The zero-order chi connectivity index (χ0) is 66.3. The van der Waals surface area contributed by atoms with Crippen LogP contribution in [0.3, 0.4) is 0 Å². The SMILES string of the molecule is NC(=O)CCc1cc(-c2cccnc2)ccc1-c1cccc(O)c1.NC(=O)CCc1cc(-c2cccnc2)ccc1-c1cccc(O)c1.NC(=O)CCc1cc(-c2ccoc2)ccc1-c1cccc(O)c1.NC(=O)CCc1cc(-n2cccc2)ccc1-c1cccc(O)c1. The van der Waals surface area contributed by atoms with E-state index in [1.807, 2.05) is 144 Å². The van der Waals surface area contributed by atoms with Crippen LogP contribution in [0, 0.1) is 0 Å². The number of furan rings is 1. The summed E-state index contributed by atoms with van der Waals surface area (Å²) in [6, 6.07) is 66.2. The number of pyridine rings is 2. The Morgan fingerprint density at radius 1 is 0.340 bits per heavy atom. The first-order valence-electron chi connectivity index (χ1n) is 30.3. The molecule has 0 fully saturated rings. The maximum atomic E-state index is 11.2. The fraction of sp³-hybridized carbons (Fsp3) is 0.103. The van der Waals surface area contributed by atoms with Gasteiger partial charge in [0.05, 0.1) is 12.5 Å². The van der Waals surface area contributed by atoms with Gasteiger partial charge in [0.1, 0.15) is 23.0 Å². The van der Waals surface area contributed by atoms with Crippen LogP contribution in [0.5, 0.6) is 23.0 Å². The lowest BCUT2D eigenvalue weighted by Crippen LogP contribution is -2.11. The predicted octanol–water partition coefficient (Wildman–Crippen LogP) is 14.1. The Kier molecular flexibility index (Phi) is 22.8. The maximum Gasteiger partial charge on any atom is 0.217 e. The minimum absolute atomic E-state index is 0.210. The first-order valence-corrected chi connectivity index (χ1v) is 30.3. The number of hydrogen-bond donors (Lipinski definition) is 8. The van der Waals surface area contributed by atoms with Gasteiger partial charge in [0.15, 0.2) is 0 Å². The van der Waals surface area contributed by atoms with Gasteiger partial charge in [-0.25, -0.2) is 0 Å². The van der Waals surface area contributed by atoms with Crippen LogP contribution in [-0.2, 0) is 44.9 Å². The van der Waals surface area contributed by atoms with E-state index in [9.17, 15) is 39.6 Å². The number of phenolic OH excluding ortho intramolecular Hbond substituents is 4. The second-order valence-electron chi connectivity index (χ2n) is 22.1. The van der Waals surface area contributed by atoms with E-state index in [0.717, 1.165) is 106 Å². The van der Waals surface area contributed by atoms with Gasteiger partial charge < -0.3 is 52.3 Å². The van der Waals surface area contributed by atoms with Crippen LogP contribution in [0.1, 0.15) is 47.9 Å². The van der Waals surface area contributed by atoms with E-state index in [0.29, 0.717) is 32.1 Å². The number of phenols is 4. The molecule has 0 aliphatic rings. The molecule has 12 N–H and O–H groups in total. The lowest BCUT2D eigenvalue weighted by Gasteiger charge is -2.13. The van der Waals surface area contributed by atoms with Crippen LogP contribution >= 0.6 is 0 Å². The smallest absolute Gasteiger partial charge is 0.217 e. The van der Waals surface area contributed by atoms with E-state index in [2.05, 4.69) is 28.2 Å². The third-order valence-corrected chi connectivity index (χ3v) is 15.3. The third kappa shape index (κ3) is 18.9. The monoisotopic (exact) mass is 1250 g/mol. The Morgan fingerprint density at radius 2 is 0.670 bits per heavy atom. The molecule has 4 amide bonds. The van der Waals surface area contributed by atoms with E-state index in [1.165, 1.54) is 0 Å². The van der Waals surface area contributed by atoms with Gasteiger partial charge in [-0.05, 0) is 211 Å². The summed E-state index contributed by atoms with van der Waals surface area (Å²) in [5.41, 5.74) is 40.0. The number of aromatic nitrogens is 3. The molecular weight excluding hydrogens is 1180 g/mol. The minimum atomic E-state index is -0.333. The second-order valence-corrected chi connectivity index (χ2v) is 22.1. The Bertz CT molecular complexity index is 4230. The van der Waals surface area contributed by atoms with Crippen molar-refractivity contribution >= 4 is 23.6 Å². The maximum absolute atomic E-state index is 11.2. The quantitative estimate of drug-likeness (QED) is 0.0355. The summed E-state index contributed by atoms with van der Waals surface area (Å²) in [5.74, 6) is -0.458. The predicted molar refractivity (Wildman–Crippen MR) is 368 cm³/mol. The van der Waals surface area contributed by atoms with Gasteiger partial charge in [-0.3, -0.25) is 29.1 Å². The van der Waals surface area contributed by atoms with Crippen molar-refractivity contribution in [2.75, 3.05) is 0 Å². The fourth-order valence-electron chi connectivity index (χ4n) is 10.7. The van der Waals surface area contributed by atoms with Crippen molar-refractivity contribution in [2.45, 2.75) is 51.4 Å². The first-order chi connectivity index (χ1) is 45.5. The number of primary amides is 4. The fourth-order valence-corrected chi connectivity index (χ4v) is 10.7. The molecule has 0 aliphatic carbocycles. The highest BCUT2D eigenvalue weighted by Crippen LogP contribution is 2.36. The molecule has 94 heavy (non-hydrogen) atoms. The highest BCUT2D eigenvalue weighted by atomic mass is 16.3. The highest BCUT2D eigenvalue weighted by Gasteiger charge is 2.15. The largest absolute Gasteiger partial charge is 0.508 e. The number of carbonyl (C=O) groups excluding carboxylic acids is 4. The number of carbonyl (C=O) groups is 4. The standard InChI is InChI=1S/2C20H18N2O2.C19H18N2O2.C19H17NO3/c2*21-20(24)9-7-16-11-14(17-4-2-10-22-13-17)6-8-19(16)15-3-1-5-18(23)12-15;20-19(23)9-6-15-12-16(21-10-1-2-11-21)7-8-18(15)14-4-3-5-17(22)13-14;20-19(22)7-5-15-10-13(16-8-9-23-12-16)4-6-18(15)14-2-1-3-17(21)11-14/h2*1-6,8,10-13,23H,7,9H2,(H2,21,24);1-5,7-8,10-13,22H,6,9H2,(H2,20,23);1-4,6,8-12,21H,5,7H2,(H2,20,22). The number of nitrogens with zero attached hydrogens (tertiary/aromatic N) is 3. The summed E-state index contributed by atoms with van der Waals surface area (Å²) in [6.07, 6.45) is 17.7. The minimum Gasteiger partial charge on any atom is -0.508 e. The van der Waals surface area contributed by atoms with Crippen molar-refractivity contribution in [3.8, 4) is 107 Å². The van der Waals surface area contributed by atoms with Crippen molar-refractivity contribution in [3.05, 3.63) is 284 Å². The van der Waals surface area contributed by atoms with E-state index in [-0.39, 0.29) is 65.9 Å². The van der Waals surface area contributed by atoms with Crippen molar-refractivity contribution in [1.29, 1.82) is 0 Å². The number of rotatable bonds is 20. The molecule has 0 saturated heterocycles. The van der Waals surface area contributed by atoms with Crippen molar-refractivity contribution in [3.63, 3.8) is 0 Å². The van der Waals surface area contributed by atoms with Gasteiger partial charge in [-0.1, -0.05) is 121 Å². The van der Waals surface area contributed by atoms with Crippen LogP contribution in [0.4, 0.5) is 0 Å². The molecule has 0 atom stereocenters. The van der Waals surface area contributed by atoms with E-state index < -0.39 is 0 Å². The first kappa shape index (κ1) is 66.1. The number of amides is 4. The molecule has 16 nitrogen and oxygen atoms in total. The van der Waals surface area contributed by atoms with Crippen LogP contribution in [0.15, 0.2) is 266 Å². The highest BCUT2D eigenvalue weighted by molar-refractivity contribution is 5.81. The van der Waals surface area contributed by atoms with Gasteiger partial charge in [-0.15, -0.1) is 0 Å². The number of aryl methyl sites for hydroxylation is 4. The number of hydrogen-bond acceptors (Lipinski definition) is 11. The molecule has 0 unspecified atom stereocenters. The van der Waals surface area contributed by atoms with Crippen LogP contribution in [0.2, 0.25) is 0 Å². The lowest BCUT2D eigenvalue weighted by molar-refractivity contribution is -0.118. The molecule has 12 rings (SSSR count). The Labute approximate surface area is 544 Å². The lowest BCUT2D eigenvalue weighted by atomic mass is 9.93. The zero-order valence-electron chi connectivity index (χ0n) is 51.5. The average Bonchev–Trinajstić information content (AvgIpc) is 0.998. The molecule has 8 aromatic carbocycles. The molecule has 0 aliphatic heterocycles. The van der Waals surface area contributed by atoms with Crippen molar-refractivity contribution in [2.24, 2.45) is 22.9 Å². The molecule has 4 heterocycles. The van der Waals surface area contributed by atoms with Gasteiger partial charge in [0.25, 0.3) is 0 Å². The van der Waals surface area contributed by atoms with Crippen molar-refractivity contribution < 1.29 is 44.0 Å². The molecule has 0 radical (unpaired) electrons. The second kappa shape index (κ2) is 32.4. The number of benzene rings is 8. The summed E-state index contributed by atoms with van der Waals surface area (Å²) in [4.78, 5) is 53.0. The molecule has 12 aromatic rings. The summed E-state index contributed by atoms with van der Waals surface area (Å²) in [7, 11) is 0. The molecule has 16 heteroatoms. The molecule has 0 saturated carbocycles. The summed E-state index contributed by atoms with van der Waals surface area (Å²) in [5, 5.41) is 38.9. The van der Waals surface area contributed by atoms with Crippen LogP contribution < -0.4 is 22.9 Å². The zero-order valence-corrected chi connectivity index (χ0v) is 51.5. The Hall–Kier alpha value is -12.3. The molecule has 0 spiro atoms. The van der Waals surface area contributed by atoms with Gasteiger partial charge in [-0.2, -0.15) is 0 Å². The van der Waals surface area contributed by atoms with Gasteiger partial charge in [0.2, 0.25) is 23.6 Å². The number of nitrogens with two attached hydrogens (primary N) is 4. The summed E-state index contributed by atoms with van der Waals surface area (Å²) in [6.45, 7) is 0. The van der Waals surface area contributed by atoms with Crippen molar-refractivity contribution in [1.82, 2.24) is 14.5 Å². The van der Waals surface area contributed by atoms with E-state index >= 15 is 0 Å². The van der Waals surface area contributed by atoms with E-state index in [1.54, 1.807) is 104 Å². The van der Waals surface area contributed by atoms with Crippen LogP contribution in [0.25, 0.3) is 83.6 Å². The normalized spacial score (nSPS) is 10.6. The summed E-state index contributed by atoms with van der Waals surface area (Å²) < 4.78 is 7.14. The Morgan fingerprint density at radius 3 is 0.979 bits per heavy atom. The van der Waals surface area contributed by atoms with Gasteiger partial charge >= 0.3 is 0 Å².